The summed E-state index contributed by atoms with van der Waals surface area (Å²) in [5, 5.41) is 6.33. The Kier molecular flexibility index (Phi) is 4.48. The molecule has 3 heteroatoms. The Labute approximate surface area is 122 Å². The van der Waals surface area contributed by atoms with Gasteiger partial charge in [0.15, 0.2) is 0 Å². The number of anilines is 1. The normalized spacial score (nSPS) is 23.4. The monoisotopic (exact) mass is 274 g/mol. The van der Waals surface area contributed by atoms with Crippen LogP contribution in [0, 0.1) is 5.92 Å². The van der Waals surface area contributed by atoms with Gasteiger partial charge in [-0.2, -0.15) is 0 Å². The minimum atomic E-state index is -0.0638. The summed E-state index contributed by atoms with van der Waals surface area (Å²) in [6.07, 6.45) is 2.28. The maximum atomic E-state index is 12.3. The van der Waals surface area contributed by atoms with Gasteiger partial charge in [0.25, 0.3) is 0 Å². The van der Waals surface area contributed by atoms with Crippen LogP contribution in [0.3, 0.4) is 0 Å². The summed E-state index contributed by atoms with van der Waals surface area (Å²) in [4.78, 5) is 12.3. The van der Waals surface area contributed by atoms with E-state index in [0.29, 0.717) is 5.92 Å². The van der Waals surface area contributed by atoms with Crippen LogP contribution in [0.5, 0.6) is 0 Å². The highest BCUT2D eigenvalue weighted by Crippen LogP contribution is 2.24. The molecule has 2 N–H and O–H groups in total. The molecular weight excluding hydrogens is 248 g/mol. The number of amides is 1. The molecule has 1 amide bonds. The van der Waals surface area contributed by atoms with Crippen molar-refractivity contribution in [2.75, 3.05) is 11.9 Å². The summed E-state index contributed by atoms with van der Waals surface area (Å²) in [5.74, 6) is 0.485. The van der Waals surface area contributed by atoms with E-state index in [1.807, 2.05) is 12.1 Å². The van der Waals surface area contributed by atoms with Gasteiger partial charge in [0.1, 0.15) is 0 Å². The van der Waals surface area contributed by atoms with Gasteiger partial charge in [-0.05, 0) is 48.4 Å². The van der Waals surface area contributed by atoms with E-state index >= 15 is 0 Å². The van der Waals surface area contributed by atoms with Gasteiger partial charge < -0.3 is 10.6 Å². The van der Waals surface area contributed by atoms with Gasteiger partial charge >= 0.3 is 0 Å². The molecule has 1 saturated heterocycles. The van der Waals surface area contributed by atoms with Crippen molar-refractivity contribution in [3.8, 4) is 0 Å². The highest BCUT2D eigenvalue weighted by Gasteiger charge is 2.27. The van der Waals surface area contributed by atoms with Gasteiger partial charge in [-0.25, -0.2) is 0 Å². The third-order valence-corrected chi connectivity index (χ3v) is 4.07. The van der Waals surface area contributed by atoms with Gasteiger partial charge in [-0.1, -0.05) is 39.8 Å². The fraction of sp³-hybridized carbons (Fsp3) is 0.588. The Hall–Kier alpha value is -1.35. The molecule has 0 aliphatic carbocycles. The second kappa shape index (κ2) is 5.96. The minimum absolute atomic E-state index is 0.0638. The molecule has 2 rings (SSSR count). The number of rotatable bonds is 2. The van der Waals surface area contributed by atoms with Gasteiger partial charge in [0, 0.05) is 5.69 Å². The van der Waals surface area contributed by atoms with Crippen molar-refractivity contribution in [2.24, 2.45) is 5.92 Å². The number of carbonyl (C=O) groups is 1. The predicted octanol–water partition coefficient (Wildman–Crippen LogP) is 3.31. The van der Waals surface area contributed by atoms with Crippen LogP contribution in [0.2, 0.25) is 0 Å². The first kappa shape index (κ1) is 15.0. The molecule has 3 nitrogen and oxygen atoms in total. The van der Waals surface area contributed by atoms with Crippen molar-refractivity contribution in [3.05, 3.63) is 29.8 Å². The number of piperidine rings is 1. The predicted molar refractivity (Wildman–Crippen MR) is 84.0 cm³/mol. The lowest BCUT2D eigenvalue weighted by molar-refractivity contribution is -0.119. The molecule has 0 saturated carbocycles. The molecule has 20 heavy (non-hydrogen) atoms. The Morgan fingerprint density at radius 3 is 2.45 bits per heavy atom. The van der Waals surface area contributed by atoms with Crippen LogP contribution >= 0.6 is 0 Å². The second-order valence-electron chi connectivity index (χ2n) is 6.87. The SMILES string of the molecule is CC1CCCNC1C(=O)Nc1ccc(C(C)(C)C)cc1. The van der Waals surface area contributed by atoms with Crippen LogP contribution in [0.25, 0.3) is 0 Å². The highest BCUT2D eigenvalue weighted by atomic mass is 16.2. The molecule has 0 radical (unpaired) electrons. The third kappa shape index (κ3) is 3.60. The molecule has 1 aromatic carbocycles. The van der Waals surface area contributed by atoms with Gasteiger partial charge in [0.2, 0.25) is 5.91 Å². The average Bonchev–Trinajstić information content (AvgIpc) is 2.38. The maximum absolute atomic E-state index is 12.3. The molecule has 2 unspecified atom stereocenters. The van der Waals surface area contributed by atoms with E-state index in [-0.39, 0.29) is 17.4 Å². The van der Waals surface area contributed by atoms with E-state index in [2.05, 4.69) is 50.5 Å². The first-order chi connectivity index (χ1) is 9.38. The molecule has 1 fully saturated rings. The Bertz CT molecular complexity index is 459. The van der Waals surface area contributed by atoms with Crippen molar-refractivity contribution >= 4 is 11.6 Å². The van der Waals surface area contributed by atoms with Crippen LogP contribution in [0.4, 0.5) is 5.69 Å². The van der Waals surface area contributed by atoms with E-state index in [9.17, 15) is 4.79 Å². The number of nitrogens with one attached hydrogen (secondary N) is 2. The van der Waals surface area contributed by atoms with E-state index in [1.165, 1.54) is 5.56 Å². The minimum Gasteiger partial charge on any atom is -0.325 e. The van der Waals surface area contributed by atoms with E-state index in [1.54, 1.807) is 0 Å². The smallest absolute Gasteiger partial charge is 0.241 e. The zero-order valence-corrected chi connectivity index (χ0v) is 13.0. The topological polar surface area (TPSA) is 41.1 Å². The molecule has 1 heterocycles. The van der Waals surface area contributed by atoms with Crippen molar-refractivity contribution < 1.29 is 4.79 Å². The molecular formula is C17H26N2O. The van der Waals surface area contributed by atoms with Crippen molar-refractivity contribution in [1.29, 1.82) is 0 Å². The third-order valence-electron chi connectivity index (χ3n) is 4.07. The van der Waals surface area contributed by atoms with Crippen LogP contribution in [-0.4, -0.2) is 18.5 Å². The fourth-order valence-electron chi connectivity index (χ4n) is 2.67. The average molecular weight is 274 g/mol. The summed E-state index contributed by atoms with van der Waals surface area (Å²) in [7, 11) is 0. The van der Waals surface area contributed by atoms with Crippen molar-refractivity contribution in [3.63, 3.8) is 0 Å². The molecule has 0 bridgehead atoms. The van der Waals surface area contributed by atoms with Crippen LogP contribution in [0.15, 0.2) is 24.3 Å². The summed E-state index contributed by atoms with van der Waals surface area (Å²) in [6.45, 7) is 9.64. The molecule has 1 aromatic rings. The number of benzene rings is 1. The van der Waals surface area contributed by atoms with Crippen molar-refractivity contribution in [1.82, 2.24) is 5.32 Å². The lowest BCUT2D eigenvalue weighted by Gasteiger charge is -2.29. The van der Waals surface area contributed by atoms with Gasteiger partial charge in [-0.3, -0.25) is 4.79 Å². The van der Waals surface area contributed by atoms with Gasteiger partial charge in [-0.15, -0.1) is 0 Å². The van der Waals surface area contributed by atoms with E-state index in [4.69, 9.17) is 0 Å². The molecule has 0 aromatic heterocycles. The molecule has 0 spiro atoms. The largest absolute Gasteiger partial charge is 0.325 e. The number of hydrogen-bond donors (Lipinski definition) is 2. The lowest BCUT2D eigenvalue weighted by Crippen LogP contribution is -2.48. The standard InChI is InChI=1S/C17H26N2O/c1-12-6-5-11-18-15(12)16(20)19-14-9-7-13(8-10-14)17(2,3)4/h7-10,12,15,18H,5-6,11H2,1-4H3,(H,19,20). The Morgan fingerprint density at radius 2 is 1.90 bits per heavy atom. The van der Waals surface area contributed by atoms with Crippen molar-refractivity contribution in [2.45, 2.75) is 52.0 Å². The molecule has 1 aliphatic heterocycles. The fourth-order valence-corrected chi connectivity index (χ4v) is 2.67. The van der Waals surface area contributed by atoms with Gasteiger partial charge in [0.05, 0.1) is 6.04 Å². The van der Waals surface area contributed by atoms with E-state index in [0.717, 1.165) is 25.1 Å². The molecule has 2 atom stereocenters. The quantitative estimate of drug-likeness (QED) is 0.868. The van der Waals surface area contributed by atoms with Crippen LogP contribution in [0.1, 0.15) is 46.1 Å². The molecule has 1 aliphatic rings. The maximum Gasteiger partial charge on any atom is 0.241 e. The van der Waals surface area contributed by atoms with Crippen LogP contribution in [-0.2, 0) is 10.2 Å². The first-order valence-corrected chi connectivity index (χ1v) is 7.53. The first-order valence-electron chi connectivity index (χ1n) is 7.53. The summed E-state index contributed by atoms with van der Waals surface area (Å²) in [6, 6.07) is 8.10. The summed E-state index contributed by atoms with van der Waals surface area (Å²) >= 11 is 0. The van der Waals surface area contributed by atoms with Crippen LogP contribution < -0.4 is 10.6 Å². The Morgan fingerprint density at radius 1 is 1.25 bits per heavy atom. The summed E-state index contributed by atoms with van der Waals surface area (Å²) < 4.78 is 0. The number of carbonyl (C=O) groups excluding carboxylic acids is 1. The Balaban J connectivity index is 2.01. The second-order valence-corrected chi connectivity index (χ2v) is 6.87. The zero-order valence-electron chi connectivity index (χ0n) is 13.0. The molecule has 110 valence electrons. The zero-order chi connectivity index (χ0) is 14.8. The highest BCUT2D eigenvalue weighted by molar-refractivity contribution is 5.95. The summed E-state index contributed by atoms with van der Waals surface area (Å²) in [5.41, 5.74) is 2.30. The lowest BCUT2D eigenvalue weighted by atomic mass is 9.87. The number of hydrogen-bond acceptors (Lipinski definition) is 2. The van der Waals surface area contributed by atoms with E-state index < -0.39 is 0 Å².